The summed E-state index contributed by atoms with van der Waals surface area (Å²) in [6.45, 7) is 2.80. The van der Waals surface area contributed by atoms with Crippen LogP contribution in [-0.2, 0) is 22.3 Å². The summed E-state index contributed by atoms with van der Waals surface area (Å²) in [7, 11) is 1.73. The Labute approximate surface area is 122 Å². The van der Waals surface area contributed by atoms with Crippen molar-refractivity contribution >= 4 is 5.97 Å². The second kappa shape index (κ2) is 8.02. The summed E-state index contributed by atoms with van der Waals surface area (Å²) in [6.07, 6.45) is -3.51. The first-order valence-electron chi connectivity index (χ1n) is 6.84. The molecule has 0 unspecified atom stereocenters. The van der Waals surface area contributed by atoms with Crippen LogP contribution in [0.5, 0.6) is 0 Å². The van der Waals surface area contributed by atoms with Crippen molar-refractivity contribution in [3.8, 4) is 0 Å². The van der Waals surface area contributed by atoms with Crippen LogP contribution in [0.15, 0.2) is 24.3 Å². The molecule has 118 valence electrons. The highest BCUT2D eigenvalue weighted by atomic mass is 19.4. The fourth-order valence-electron chi connectivity index (χ4n) is 2.03. The van der Waals surface area contributed by atoms with Gasteiger partial charge in [0.15, 0.2) is 0 Å². The molecule has 0 spiro atoms. The minimum atomic E-state index is -4.34. The second-order valence-corrected chi connectivity index (χ2v) is 4.80. The monoisotopic (exact) mass is 303 g/mol. The van der Waals surface area contributed by atoms with Gasteiger partial charge in [0, 0.05) is 13.0 Å². The first-order chi connectivity index (χ1) is 9.84. The standard InChI is InChI=1S/C15H20F3NO2/c1-3-21-14(20)9-6-10-19(2)11-12-7-4-5-8-13(12)15(16,17)18/h4-5,7-8H,3,6,9-11H2,1-2H3. The molecule has 0 saturated carbocycles. The van der Waals surface area contributed by atoms with E-state index in [-0.39, 0.29) is 24.5 Å². The quantitative estimate of drug-likeness (QED) is 0.722. The predicted octanol–water partition coefficient (Wildman–Crippen LogP) is 3.48. The van der Waals surface area contributed by atoms with Crippen molar-refractivity contribution in [2.45, 2.75) is 32.5 Å². The molecule has 0 aromatic heterocycles. The molecule has 1 rings (SSSR count). The van der Waals surface area contributed by atoms with E-state index in [1.54, 1.807) is 24.9 Å². The molecule has 0 radical (unpaired) electrons. The summed E-state index contributed by atoms with van der Waals surface area (Å²) in [4.78, 5) is 12.9. The highest BCUT2D eigenvalue weighted by Gasteiger charge is 2.32. The van der Waals surface area contributed by atoms with E-state index in [1.807, 2.05) is 0 Å². The Bertz CT molecular complexity index is 460. The zero-order chi connectivity index (χ0) is 15.9. The first kappa shape index (κ1) is 17.5. The lowest BCUT2D eigenvalue weighted by Crippen LogP contribution is -2.22. The molecule has 21 heavy (non-hydrogen) atoms. The molecule has 0 N–H and O–H groups in total. The number of rotatable bonds is 7. The van der Waals surface area contributed by atoms with Crippen molar-refractivity contribution in [3.05, 3.63) is 35.4 Å². The van der Waals surface area contributed by atoms with E-state index < -0.39 is 11.7 Å². The maximum atomic E-state index is 12.9. The van der Waals surface area contributed by atoms with Gasteiger partial charge in [-0.25, -0.2) is 0 Å². The van der Waals surface area contributed by atoms with Crippen LogP contribution in [0.4, 0.5) is 13.2 Å². The topological polar surface area (TPSA) is 29.5 Å². The highest BCUT2D eigenvalue weighted by molar-refractivity contribution is 5.69. The number of esters is 1. The number of hydrogen-bond donors (Lipinski definition) is 0. The minimum absolute atomic E-state index is 0.193. The van der Waals surface area contributed by atoms with Gasteiger partial charge in [0.1, 0.15) is 0 Å². The molecule has 0 fully saturated rings. The van der Waals surface area contributed by atoms with Gasteiger partial charge in [-0.15, -0.1) is 0 Å². The summed E-state index contributed by atoms with van der Waals surface area (Å²) in [5, 5.41) is 0. The Hall–Kier alpha value is -1.56. The Morgan fingerprint density at radius 2 is 1.95 bits per heavy atom. The molecular weight excluding hydrogens is 283 g/mol. The summed E-state index contributed by atoms with van der Waals surface area (Å²) >= 11 is 0. The number of benzene rings is 1. The maximum Gasteiger partial charge on any atom is 0.416 e. The maximum absolute atomic E-state index is 12.9. The van der Waals surface area contributed by atoms with Crippen LogP contribution in [0.3, 0.4) is 0 Å². The molecule has 0 saturated heterocycles. The Morgan fingerprint density at radius 1 is 1.29 bits per heavy atom. The minimum Gasteiger partial charge on any atom is -0.466 e. The molecule has 0 heterocycles. The van der Waals surface area contributed by atoms with Gasteiger partial charge in [-0.2, -0.15) is 13.2 Å². The van der Waals surface area contributed by atoms with Crippen molar-refractivity contribution in [1.29, 1.82) is 0 Å². The SMILES string of the molecule is CCOC(=O)CCCN(C)Cc1ccccc1C(F)(F)F. The summed E-state index contributed by atoms with van der Waals surface area (Å²) in [6, 6.07) is 5.54. The number of nitrogens with zero attached hydrogens (tertiary/aromatic N) is 1. The molecule has 1 aromatic carbocycles. The van der Waals surface area contributed by atoms with E-state index in [2.05, 4.69) is 0 Å². The van der Waals surface area contributed by atoms with Crippen LogP contribution in [0.2, 0.25) is 0 Å². The average molecular weight is 303 g/mol. The molecule has 6 heteroatoms. The molecule has 0 aliphatic heterocycles. The van der Waals surface area contributed by atoms with E-state index in [0.717, 1.165) is 6.07 Å². The van der Waals surface area contributed by atoms with Gasteiger partial charge in [0.25, 0.3) is 0 Å². The Kier molecular flexibility index (Phi) is 6.68. The molecule has 1 aromatic rings. The van der Waals surface area contributed by atoms with Gasteiger partial charge in [-0.3, -0.25) is 4.79 Å². The van der Waals surface area contributed by atoms with Crippen molar-refractivity contribution < 1.29 is 22.7 Å². The van der Waals surface area contributed by atoms with Crippen molar-refractivity contribution in [2.24, 2.45) is 0 Å². The third-order valence-corrected chi connectivity index (χ3v) is 2.99. The van der Waals surface area contributed by atoms with Crippen molar-refractivity contribution in [2.75, 3.05) is 20.2 Å². The Balaban J connectivity index is 2.52. The lowest BCUT2D eigenvalue weighted by Gasteiger charge is -2.19. The molecular formula is C15H20F3NO2. The molecule has 0 aliphatic carbocycles. The molecule has 0 amide bonds. The van der Waals surface area contributed by atoms with Crippen LogP contribution in [0.1, 0.15) is 30.9 Å². The molecule has 3 nitrogen and oxygen atoms in total. The van der Waals surface area contributed by atoms with Crippen LogP contribution in [0, 0.1) is 0 Å². The smallest absolute Gasteiger partial charge is 0.416 e. The van der Waals surface area contributed by atoms with E-state index in [9.17, 15) is 18.0 Å². The third-order valence-electron chi connectivity index (χ3n) is 2.99. The summed E-state index contributed by atoms with van der Waals surface area (Å²) in [5.41, 5.74) is -0.370. The van der Waals surface area contributed by atoms with E-state index in [0.29, 0.717) is 19.6 Å². The predicted molar refractivity (Wildman–Crippen MR) is 73.6 cm³/mol. The lowest BCUT2D eigenvalue weighted by atomic mass is 10.1. The fraction of sp³-hybridized carbons (Fsp3) is 0.533. The largest absolute Gasteiger partial charge is 0.466 e. The van der Waals surface area contributed by atoms with Gasteiger partial charge >= 0.3 is 12.1 Å². The van der Waals surface area contributed by atoms with E-state index in [1.165, 1.54) is 12.1 Å². The van der Waals surface area contributed by atoms with Crippen LogP contribution < -0.4 is 0 Å². The third kappa shape index (κ3) is 6.16. The van der Waals surface area contributed by atoms with Gasteiger partial charge in [0.05, 0.1) is 12.2 Å². The van der Waals surface area contributed by atoms with Gasteiger partial charge in [0.2, 0.25) is 0 Å². The van der Waals surface area contributed by atoms with Gasteiger partial charge in [-0.1, -0.05) is 18.2 Å². The number of halogens is 3. The number of carbonyl (C=O) groups is 1. The first-order valence-corrected chi connectivity index (χ1v) is 6.84. The van der Waals surface area contributed by atoms with E-state index in [4.69, 9.17) is 4.74 Å². The zero-order valence-corrected chi connectivity index (χ0v) is 12.2. The fourth-order valence-corrected chi connectivity index (χ4v) is 2.03. The molecule has 0 aliphatic rings. The van der Waals surface area contributed by atoms with Gasteiger partial charge in [-0.05, 0) is 38.6 Å². The summed E-state index contributed by atoms with van der Waals surface area (Å²) in [5.74, 6) is -0.276. The number of carbonyl (C=O) groups excluding carboxylic acids is 1. The lowest BCUT2D eigenvalue weighted by molar-refractivity contribution is -0.143. The Morgan fingerprint density at radius 3 is 2.57 bits per heavy atom. The number of alkyl halides is 3. The second-order valence-electron chi connectivity index (χ2n) is 4.80. The zero-order valence-electron chi connectivity index (χ0n) is 12.2. The number of hydrogen-bond acceptors (Lipinski definition) is 3. The molecule has 0 atom stereocenters. The van der Waals surface area contributed by atoms with Crippen molar-refractivity contribution in [1.82, 2.24) is 4.90 Å². The van der Waals surface area contributed by atoms with Crippen LogP contribution >= 0.6 is 0 Å². The van der Waals surface area contributed by atoms with Crippen LogP contribution in [0.25, 0.3) is 0 Å². The van der Waals surface area contributed by atoms with Crippen molar-refractivity contribution in [3.63, 3.8) is 0 Å². The summed E-state index contributed by atoms with van der Waals surface area (Å²) < 4.78 is 43.4. The number of ether oxygens (including phenoxy) is 1. The average Bonchev–Trinajstić information content (AvgIpc) is 2.38. The van der Waals surface area contributed by atoms with Gasteiger partial charge < -0.3 is 9.64 Å². The normalized spacial score (nSPS) is 11.7. The van der Waals surface area contributed by atoms with Crippen LogP contribution in [-0.4, -0.2) is 31.1 Å². The highest BCUT2D eigenvalue weighted by Crippen LogP contribution is 2.32. The van der Waals surface area contributed by atoms with E-state index >= 15 is 0 Å². The molecule has 0 bridgehead atoms.